The summed E-state index contributed by atoms with van der Waals surface area (Å²) < 4.78 is 14.4. The van der Waals surface area contributed by atoms with E-state index in [1.54, 1.807) is 36.4 Å². The highest BCUT2D eigenvalue weighted by atomic mass is 19.1. The molecule has 3 aromatic carbocycles. The number of aromatic hydroxyl groups is 2. The number of para-hydroxylation sites is 2. The number of carbonyl (C=O) groups is 2. The van der Waals surface area contributed by atoms with Crippen molar-refractivity contribution in [2.45, 2.75) is 12.1 Å². The molecule has 5 rings (SSSR count). The van der Waals surface area contributed by atoms with Crippen LogP contribution >= 0.6 is 0 Å². The monoisotopic (exact) mass is 420 g/mol. The molecule has 0 radical (unpaired) electrons. The molecule has 2 aliphatic rings. The van der Waals surface area contributed by atoms with Crippen LogP contribution < -0.4 is 9.96 Å². The molecule has 156 valence electrons. The van der Waals surface area contributed by atoms with E-state index in [0.717, 1.165) is 4.90 Å². The molecule has 0 bridgehead atoms. The highest BCUT2D eigenvalue weighted by molar-refractivity contribution is 6.24. The van der Waals surface area contributed by atoms with Crippen molar-refractivity contribution in [1.82, 2.24) is 0 Å². The predicted octanol–water partition coefficient (Wildman–Crippen LogP) is 3.29. The van der Waals surface area contributed by atoms with Gasteiger partial charge in [-0.2, -0.15) is 0 Å². The van der Waals surface area contributed by atoms with Gasteiger partial charge in [0.25, 0.3) is 5.91 Å². The van der Waals surface area contributed by atoms with Gasteiger partial charge in [0.1, 0.15) is 11.7 Å². The Balaban J connectivity index is 1.62. The van der Waals surface area contributed by atoms with Gasteiger partial charge < -0.3 is 10.2 Å². The lowest BCUT2D eigenvalue weighted by Gasteiger charge is -2.29. The molecule has 8 heteroatoms. The topological polar surface area (TPSA) is 90.3 Å². The fourth-order valence-electron chi connectivity index (χ4n) is 4.15. The minimum atomic E-state index is -1.16. The Morgan fingerprint density at radius 1 is 0.839 bits per heavy atom. The number of carbonyl (C=O) groups excluding carboxylic acids is 2. The third kappa shape index (κ3) is 2.91. The van der Waals surface area contributed by atoms with Crippen LogP contribution in [0.25, 0.3) is 0 Å². The lowest BCUT2D eigenvalue weighted by atomic mass is 9.90. The van der Waals surface area contributed by atoms with E-state index in [1.807, 2.05) is 6.07 Å². The Morgan fingerprint density at radius 3 is 2.26 bits per heavy atom. The average Bonchev–Trinajstić information content (AvgIpc) is 3.28. The molecule has 2 amide bonds. The summed E-state index contributed by atoms with van der Waals surface area (Å²) in [5.41, 5.74) is 0.935. The maximum Gasteiger partial charge on any atom is 0.266 e. The van der Waals surface area contributed by atoms with Crippen molar-refractivity contribution in [1.29, 1.82) is 0 Å². The van der Waals surface area contributed by atoms with Crippen LogP contribution in [0.2, 0.25) is 0 Å². The number of anilines is 2. The zero-order chi connectivity index (χ0) is 21.7. The maximum absolute atomic E-state index is 14.4. The molecular formula is C23H17FN2O5. The Labute approximate surface area is 176 Å². The summed E-state index contributed by atoms with van der Waals surface area (Å²) in [5.74, 6) is -3.61. The number of nitrogens with zero attached hydrogens (tertiary/aromatic N) is 2. The lowest BCUT2D eigenvalue weighted by molar-refractivity contribution is -0.126. The molecule has 2 fully saturated rings. The number of benzene rings is 3. The Morgan fingerprint density at radius 2 is 1.55 bits per heavy atom. The molecule has 2 saturated heterocycles. The van der Waals surface area contributed by atoms with E-state index in [2.05, 4.69) is 0 Å². The minimum Gasteiger partial charge on any atom is -0.504 e. The second-order valence-electron chi connectivity index (χ2n) is 7.37. The van der Waals surface area contributed by atoms with Gasteiger partial charge in [-0.05, 0) is 42.0 Å². The number of rotatable bonds is 3. The molecule has 0 aliphatic carbocycles. The number of phenolic OH excluding ortho intramolecular Hbond substituents is 2. The van der Waals surface area contributed by atoms with E-state index < -0.39 is 35.7 Å². The molecule has 7 nitrogen and oxygen atoms in total. The second-order valence-corrected chi connectivity index (χ2v) is 7.37. The summed E-state index contributed by atoms with van der Waals surface area (Å²) in [6.45, 7) is 0. The molecule has 0 unspecified atom stereocenters. The number of hydrogen-bond acceptors (Lipinski definition) is 6. The van der Waals surface area contributed by atoms with Gasteiger partial charge in [0, 0.05) is 0 Å². The second kappa shape index (κ2) is 7.10. The normalized spacial score (nSPS) is 22.8. The first-order chi connectivity index (χ1) is 15.0. The smallest absolute Gasteiger partial charge is 0.266 e. The fourth-order valence-corrected chi connectivity index (χ4v) is 4.15. The first-order valence-corrected chi connectivity index (χ1v) is 9.62. The zero-order valence-corrected chi connectivity index (χ0v) is 16.1. The molecule has 0 saturated carbocycles. The van der Waals surface area contributed by atoms with Gasteiger partial charge in [0.15, 0.2) is 17.6 Å². The van der Waals surface area contributed by atoms with Crippen LogP contribution in [0.3, 0.4) is 0 Å². The molecule has 3 aromatic rings. The summed E-state index contributed by atoms with van der Waals surface area (Å²) in [7, 11) is 0. The lowest BCUT2D eigenvalue weighted by Crippen LogP contribution is -2.37. The van der Waals surface area contributed by atoms with E-state index in [1.165, 1.54) is 35.4 Å². The first-order valence-electron chi connectivity index (χ1n) is 9.62. The van der Waals surface area contributed by atoms with E-state index in [-0.39, 0.29) is 17.2 Å². The van der Waals surface area contributed by atoms with Crippen molar-refractivity contribution >= 4 is 23.2 Å². The van der Waals surface area contributed by atoms with E-state index in [9.17, 15) is 24.2 Å². The number of phenols is 2. The van der Waals surface area contributed by atoms with Gasteiger partial charge in [0.2, 0.25) is 5.91 Å². The van der Waals surface area contributed by atoms with Crippen molar-refractivity contribution in [3.05, 3.63) is 84.2 Å². The molecule has 2 N–H and O–H groups in total. The quantitative estimate of drug-likeness (QED) is 0.499. The SMILES string of the molecule is O=C1[C@H]2[C@@H](ON(c3ccccc3)[C@H]2c2ccc(O)c(O)c2)C(=O)N1c1ccccc1F. The Kier molecular flexibility index (Phi) is 4.37. The van der Waals surface area contributed by atoms with Crippen LogP contribution in [0.15, 0.2) is 72.8 Å². The highest BCUT2D eigenvalue weighted by Crippen LogP contribution is 2.48. The van der Waals surface area contributed by atoms with Gasteiger partial charge in [-0.1, -0.05) is 36.4 Å². The summed E-state index contributed by atoms with van der Waals surface area (Å²) in [4.78, 5) is 33.3. The van der Waals surface area contributed by atoms with E-state index in [0.29, 0.717) is 11.3 Å². The number of imide groups is 1. The van der Waals surface area contributed by atoms with Crippen molar-refractivity contribution in [2.24, 2.45) is 5.92 Å². The first kappa shape index (κ1) is 19.1. The third-order valence-corrected chi connectivity index (χ3v) is 5.56. The number of hydrogen-bond donors (Lipinski definition) is 2. The van der Waals surface area contributed by atoms with E-state index in [4.69, 9.17) is 4.84 Å². The minimum absolute atomic E-state index is 0.130. The van der Waals surface area contributed by atoms with Crippen LogP contribution in [0, 0.1) is 11.7 Å². The summed E-state index contributed by atoms with van der Waals surface area (Å²) in [5, 5.41) is 21.2. The van der Waals surface area contributed by atoms with Crippen LogP contribution in [-0.4, -0.2) is 28.1 Å². The Bertz CT molecular complexity index is 1190. The average molecular weight is 420 g/mol. The Hall–Kier alpha value is -3.91. The number of hydroxylamine groups is 1. The molecule has 2 aliphatic heterocycles. The van der Waals surface area contributed by atoms with Gasteiger partial charge in [-0.3, -0.25) is 14.4 Å². The summed E-state index contributed by atoms with van der Waals surface area (Å²) in [6.07, 6.45) is -1.16. The predicted molar refractivity (Wildman–Crippen MR) is 109 cm³/mol. The molecule has 0 spiro atoms. The van der Waals surface area contributed by atoms with Gasteiger partial charge in [-0.25, -0.2) is 14.4 Å². The highest BCUT2D eigenvalue weighted by Gasteiger charge is 2.60. The molecule has 3 atom stereocenters. The number of halogens is 1. The van der Waals surface area contributed by atoms with Gasteiger partial charge in [0.05, 0.1) is 17.4 Å². The number of amides is 2. The largest absolute Gasteiger partial charge is 0.504 e. The summed E-state index contributed by atoms with van der Waals surface area (Å²) >= 11 is 0. The van der Waals surface area contributed by atoms with Crippen LogP contribution in [0.1, 0.15) is 11.6 Å². The molecule has 0 aromatic heterocycles. The van der Waals surface area contributed by atoms with Crippen molar-refractivity contribution in [2.75, 3.05) is 9.96 Å². The standard InChI is InChI=1S/C23H17FN2O5/c24-15-8-4-5-9-16(15)25-22(29)19-20(13-10-11-17(27)18(28)12-13)26(31-21(19)23(25)30)14-6-2-1-3-7-14/h1-12,19-21,27-28H/t19-,20+,21-/m1/s1. The van der Waals surface area contributed by atoms with Gasteiger partial charge in [-0.15, -0.1) is 0 Å². The summed E-state index contributed by atoms with van der Waals surface area (Å²) in [6, 6.07) is 17.9. The zero-order valence-electron chi connectivity index (χ0n) is 16.1. The van der Waals surface area contributed by atoms with Crippen molar-refractivity contribution in [3.8, 4) is 11.5 Å². The maximum atomic E-state index is 14.4. The van der Waals surface area contributed by atoms with Crippen LogP contribution in [0.5, 0.6) is 11.5 Å². The third-order valence-electron chi connectivity index (χ3n) is 5.56. The molecule has 31 heavy (non-hydrogen) atoms. The van der Waals surface area contributed by atoms with Gasteiger partial charge >= 0.3 is 0 Å². The van der Waals surface area contributed by atoms with E-state index >= 15 is 0 Å². The number of fused-ring (bicyclic) bond motifs is 1. The van der Waals surface area contributed by atoms with Crippen LogP contribution in [-0.2, 0) is 14.4 Å². The van der Waals surface area contributed by atoms with Crippen molar-refractivity contribution < 1.29 is 29.0 Å². The molecular weight excluding hydrogens is 403 g/mol. The van der Waals surface area contributed by atoms with Crippen molar-refractivity contribution in [3.63, 3.8) is 0 Å². The van der Waals surface area contributed by atoms with Crippen LogP contribution in [0.4, 0.5) is 15.8 Å². The fraction of sp³-hybridized carbons (Fsp3) is 0.130. The molecule has 2 heterocycles.